The zero-order valence-electron chi connectivity index (χ0n) is 15.1. The SMILES string of the molecule is C=CCOC[C@H](OCC=C)[C@@H](OCC=C)[C@@H](COCC=C)OCC=C. The molecule has 0 unspecified atom stereocenters. The summed E-state index contributed by atoms with van der Waals surface area (Å²) in [6, 6.07) is 0. The topological polar surface area (TPSA) is 46.2 Å². The molecular formula is C20H32O5. The Kier molecular flexibility index (Phi) is 16.3. The predicted molar refractivity (Wildman–Crippen MR) is 102 cm³/mol. The second-order valence-electron chi connectivity index (χ2n) is 5.06. The van der Waals surface area contributed by atoms with Crippen molar-refractivity contribution < 1.29 is 23.7 Å². The molecule has 0 aliphatic heterocycles. The Morgan fingerprint density at radius 3 is 1.24 bits per heavy atom. The molecule has 0 rings (SSSR count). The van der Waals surface area contributed by atoms with E-state index in [0.717, 1.165) is 0 Å². The summed E-state index contributed by atoms with van der Waals surface area (Å²) in [5, 5.41) is 0. The predicted octanol–water partition coefficient (Wildman–Crippen LogP) is 3.11. The first kappa shape index (κ1) is 23.5. The van der Waals surface area contributed by atoms with E-state index in [1.807, 2.05) is 0 Å². The monoisotopic (exact) mass is 352 g/mol. The third-order valence-corrected chi connectivity index (χ3v) is 3.03. The smallest absolute Gasteiger partial charge is 0.115 e. The molecule has 0 fully saturated rings. The summed E-state index contributed by atoms with van der Waals surface area (Å²) in [6.07, 6.45) is 7.27. The number of hydrogen-bond donors (Lipinski definition) is 0. The first-order valence-corrected chi connectivity index (χ1v) is 8.29. The van der Waals surface area contributed by atoms with Crippen LogP contribution >= 0.6 is 0 Å². The molecule has 25 heavy (non-hydrogen) atoms. The van der Waals surface area contributed by atoms with Crippen LogP contribution in [0, 0.1) is 0 Å². The maximum absolute atomic E-state index is 5.92. The number of rotatable bonds is 19. The fourth-order valence-electron chi connectivity index (χ4n) is 2.03. The molecule has 0 saturated carbocycles. The van der Waals surface area contributed by atoms with Crippen molar-refractivity contribution in [3.05, 3.63) is 63.3 Å². The molecule has 0 aromatic carbocycles. The number of hydrogen-bond acceptors (Lipinski definition) is 5. The highest BCUT2D eigenvalue weighted by Gasteiger charge is 2.32. The molecule has 0 aliphatic rings. The molecule has 5 nitrogen and oxygen atoms in total. The van der Waals surface area contributed by atoms with Gasteiger partial charge >= 0.3 is 0 Å². The molecule has 0 heterocycles. The van der Waals surface area contributed by atoms with Gasteiger partial charge in [0.05, 0.1) is 46.2 Å². The van der Waals surface area contributed by atoms with Crippen LogP contribution < -0.4 is 0 Å². The van der Waals surface area contributed by atoms with Crippen molar-refractivity contribution in [1.82, 2.24) is 0 Å². The molecule has 5 heteroatoms. The van der Waals surface area contributed by atoms with E-state index in [2.05, 4.69) is 32.9 Å². The van der Waals surface area contributed by atoms with E-state index in [9.17, 15) is 0 Å². The summed E-state index contributed by atoms with van der Waals surface area (Å²) in [6.45, 7) is 21.0. The van der Waals surface area contributed by atoms with Gasteiger partial charge in [-0.3, -0.25) is 0 Å². The Hall–Kier alpha value is -1.50. The standard InChI is InChI=1S/C20H32O5/c1-6-11-21-16-18(23-13-8-3)20(25-15-10-5)19(24-14-9-4)17-22-12-7-2/h6-10,18-20H,1-5,11-17H2/t18-,19+,20+. The van der Waals surface area contributed by atoms with Gasteiger partial charge in [-0.2, -0.15) is 0 Å². The van der Waals surface area contributed by atoms with Gasteiger partial charge in [-0.1, -0.05) is 30.4 Å². The molecule has 0 radical (unpaired) electrons. The molecule has 0 bridgehead atoms. The summed E-state index contributed by atoms with van der Waals surface area (Å²) >= 11 is 0. The van der Waals surface area contributed by atoms with Gasteiger partial charge in [0.15, 0.2) is 0 Å². The van der Waals surface area contributed by atoms with Gasteiger partial charge in [-0.15, -0.1) is 32.9 Å². The molecule has 0 saturated heterocycles. The molecule has 0 spiro atoms. The lowest BCUT2D eigenvalue weighted by Crippen LogP contribution is -2.47. The van der Waals surface area contributed by atoms with Gasteiger partial charge in [0, 0.05) is 0 Å². The van der Waals surface area contributed by atoms with E-state index >= 15 is 0 Å². The average molecular weight is 352 g/mol. The summed E-state index contributed by atoms with van der Waals surface area (Å²) in [7, 11) is 0. The minimum atomic E-state index is -0.410. The molecule has 0 aromatic heterocycles. The largest absolute Gasteiger partial charge is 0.375 e. The second-order valence-corrected chi connectivity index (χ2v) is 5.06. The Morgan fingerprint density at radius 2 is 0.880 bits per heavy atom. The van der Waals surface area contributed by atoms with Crippen molar-refractivity contribution in [1.29, 1.82) is 0 Å². The van der Waals surface area contributed by atoms with E-state index in [1.165, 1.54) is 0 Å². The summed E-state index contributed by atoms with van der Waals surface area (Å²) in [5.74, 6) is 0. The highest BCUT2D eigenvalue weighted by molar-refractivity contribution is 4.84. The summed E-state index contributed by atoms with van der Waals surface area (Å²) in [5.41, 5.74) is 0. The van der Waals surface area contributed by atoms with Crippen molar-refractivity contribution in [3.63, 3.8) is 0 Å². The van der Waals surface area contributed by atoms with Crippen LogP contribution in [0.5, 0.6) is 0 Å². The molecule has 0 N–H and O–H groups in total. The maximum atomic E-state index is 5.92. The minimum absolute atomic E-state index is 0.330. The van der Waals surface area contributed by atoms with Gasteiger partial charge in [0.25, 0.3) is 0 Å². The van der Waals surface area contributed by atoms with Crippen LogP contribution in [0.1, 0.15) is 0 Å². The molecule has 0 amide bonds. The third-order valence-electron chi connectivity index (χ3n) is 3.03. The molecule has 0 aliphatic carbocycles. The van der Waals surface area contributed by atoms with Gasteiger partial charge in [-0.05, 0) is 0 Å². The van der Waals surface area contributed by atoms with Gasteiger partial charge in [-0.25, -0.2) is 0 Å². The highest BCUT2D eigenvalue weighted by Crippen LogP contribution is 2.15. The van der Waals surface area contributed by atoms with E-state index in [1.54, 1.807) is 30.4 Å². The van der Waals surface area contributed by atoms with Crippen LogP contribution in [0.15, 0.2) is 63.3 Å². The average Bonchev–Trinajstić information content (AvgIpc) is 2.63. The van der Waals surface area contributed by atoms with Crippen LogP contribution in [-0.4, -0.2) is 64.6 Å². The highest BCUT2D eigenvalue weighted by atomic mass is 16.6. The van der Waals surface area contributed by atoms with Crippen LogP contribution in [0.2, 0.25) is 0 Å². The first-order chi connectivity index (χ1) is 12.2. The normalized spacial score (nSPS) is 14.2. The van der Waals surface area contributed by atoms with E-state index < -0.39 is 6.10 Å². The van der Waals surface area contributed by atoms with Crippen molar-refractivity contribution in [2.24, 2.45) is 0 Å². The van der Waals surface area contributed by atoms with E-state index in [-0.39, 0.29) is 12.2 Å². The first-order valence-electron chi connectivity index (χ1n) is 8.29. The Bertz CT molecular complexity index is 350. The van der Waals surface area contributed by atoms with Crippen LogP contribution in [0.25, 0.3) is 0 Å². The Morgan fingerprint density at radius 1 is 0.520 bits per heavy atom. The lowest BCUT2D eigenvalue weighted by molar-refractivity contribution is -0.157. The zero-order valence-corrected chi connectivity index (χ0v) is 15.1. The molecule has 0 aromatic rings. The van der Waals surface area contributed by atoms with Gasteiger partial charge in [0.2, 0.25) is 0 Å². The minimum Gasteiger partial charge on any atom is -0.375 e. The van der Waals surface area contributed by atoms with Gasteiger partial charge < -0.3 is 23.7 Å². The van der Waals surface area contributed by atoms with Crippen molar-refractivity contribution in [3.8, 4) is 0 Å². The zero-order chi connectivity index (χ0) is 18.8. The quantitative estimate of drug-likeness (QED) is 0.264. The lowest BCUT2D eigenvalue weighted by Gasteiger charge is -2.32. The van der Waals surface area contributed by atoms with Crippen molar-refractivity contribution >= 4 is 0 Å². The fraction of sp³-hybridized carbons (Fsp3) is 0.500. The van der Waals surface area contributed by atoms with Crippen LogP contribution in [-0.2, 0) is 23.7 Å². The van der Waals surface area contributed by atoms with E-state index in [4.69, 9.17) is 23.7 Å². The van der Waals surface area contributed by atoms with Crippen molar-refractivity contribution in [2.75, 3.05) is 46.2 Å². The number of ether oxygens (including phenoxy) is 5. The molecule has 142 valence electrons. The molecular weight excluding hydrogens is 320 g/mol. The lowest BCUT2D eigenvalue weighted by atomic mass is 10.1. The summed E-state index contributed by atoms with van der Waals surface area (Å²) in [4.78, 5) is 0. The van der Waals surface area contributed by atoms with Crippen molar-refractivity contribution in [2.45, 2.75) is 18.3 Å². The fourth-order valence-corrected chi connectivity index (χ4v) is 2.03. The second kappa shape index (κ2) is 17.3. The van der Waals surface area contributed by atoms with Gasteiger partial charge in [0.1, 0.15) is 18.3 Å². The Balaban J connectivity index is 5.17. The van der Waals surface area contributed by atoms with Crippen LogP contribution in [0.3, 0.4) is 0 Å². The van der Waals surface area contributed by atoms with Crippen LogP contribution in [0.4, 0.5) is 0 Å². The summed E-state index contributed by atoms with van der Waals surface area (Å²) < 4.78 is 28.7. The molecule has 3 atom stereocenters. The maximum Gasteiger partial charge on any atom is 0.115 e. The Labute approximate surface area is 152 Å². The van der Waals surface area contributed by atoms with E-state index in [0.29, 0.717) is 46.2 Å². The third kappa shape index (κ3) is 11.6.